The summed E-state index contributed by atoms with van der Waals surface area (Å²) in [6, 6.07) is 0.345. The van der Waals surface area contributed by atoms with Crippen molar-refractivity contribution in [3.05, 3.63) is 22.7 Å². The zero-order chi connectivity index (χ0) is 11.9. The van der Waals surface area contributed by atoms with Crippen molar-refractivity contribution in [2.75, 3.05) is 6.54 Å². The molecule has 1 aliphatic rings. The lowest BCUT2D eigenvalue weighted by atomic mass is 9.94. The molecule has 1 unspecified atom stereocenters. The molecule has 1 heterocycles. The number of rotatable bonds is 4. The summed E-state index contributed by atoms with van der Waals surface area (Å²) in [5.74, 6) is 0. The number of aromatic nitrogens is 2. The van der Waals surface area contributed by atoms with Crippen molar-refractivity contribution >= 4 is 11.5 Å². The number of hydrogen-bond acceptors (Lipinski definition) is 4. The zero-order valence-electron chi connectivity index (χ0n) is 10.5. The molecule has 1 aliphatic carbocycles. The highest BCUT2D eigenvalue weighted by atomic mass is 32.1. The first-order chi connectivity index (χ1) is 8.42. The van der Waals surface area contributed by atoms with Gasteiger partial charge in [0.1, 0.15) is 0 Å². The fraction of sp³-hybridized carbons (Fsp3) is 0.692. The standard InChI is InChI=1S/C13H21N3S/c1-2-14-13(12-10-15-16-17-12)11-8-6-4-3-5-7-9-11/h8,10,13-14H,2-7,9H2,1H3. The first kappa shape index (κ1) is 12.7. The highest BCUT2D eigenvalue weighted by molar-refractivity contribution is 7.05. The van der Waals surface area contributed by atoms with Gasteiger partial charge in [-0.05, 0) is 43.8 Å². The number of nitrogens with zero attached hydrogens (tertiary/aromatic N) is 2. The van der Waals surface area contributed by atoms with Crippen LogP contribution in [0.15, 0.2) is 17.8 Å². The fourth-order valence-electron chi connectivity index (χ4n) is 2.40. The molecule has 2 rings (SSSR count). The van der Waals surface area contributed by atoms with E-state index in [0.717, 1.165) is 6.54 Å². The molecule has 3 nitrogen and oxygen atoms in total. The molecule has 0 saturated heterocycles. The lowest BCUT2D eigenvalue weighted by molar-refractivity contribution is 0.558. The molecule has 0 spiro atoms. The van der Waals surface area contributed by atoms with Gasteiger partial charge in [0.05, 0.1) is 17.1 Å². The number of hydrogen-bond donors (Lipinski definition) is 1. The summed E-state index contributed by atoms with van der Waals surface area (Å²) in [5.41, 5.74) is 1.54. The molecular weight excluding hydrogens is 230 g/mol. The van der Waals surface area contributed by atoms with Gasteiger partial charge in [0.15, 0.2) is 0 Å². The molecule has 1 aromatic rings. The fourth-order valence-corrected chi connectivity index (χ4v) is 3.02. The molecule has 0 fully saturated rings. The highest BCUT2D eigenvalue weighted by Gasteiger charge is 2.18. The molecule has 0 aromatic carbocycles. The summed E-state index contributed by atoms with van der Waals surface area (Å²) < 4.78 is 3.99. The van der Waals surface area contributed by atoms with E-state index in [0.29, 0.717) is 6.04 Å². The van der Waals surface area contributed by atoms with Crippen LogP contribution in [-0.2, 0) is 0 Å². The average Bonchev–Trinajstić information content (AvgIpc) is 2.79. The molecular formula is C13H21N3S. The number of allylic oxidation sites excluding steroid dienone is 1. The smallest absolute Gasteiger partial charge is 0.0672 e. The van der Waals surface area contributed by atoms with Crippen molar-refractivity contribution in [3.8, 4) is 0 Å². The van der Waals surface area contributed by atoms with Crippen LogP contribution in [0.2, 0.25) is 0 Å². The van der Waals surface area contributed by atoms with Crippen LogP contribution in [0.4, 0.5) is 0 Å². The lowest BCUT2D eigenvalue weighted by Crippen LogP contribution is -2.22. The van der Waals surface area contributed by atoms with E-state index in [2.05, 4.69) is 27.9 Å². The Labute approximate surface area is 107 Å². The Balaban J connectivity index is 2.13. The molecule has 0 bridgehead atoms. The number of likely N-dealkylation sites (N-methyl/N-ethyl adjacent to an activating group) is 1. The molecule has 17 heavy (non-hydrogen) atoms. The second-order valence-corrected chi connectivity index (χ2v) is 5.36. The van der Waals surface area contributed by atoms with E-state index >= 15 is 0 Å². The first-order valence-corrected chi connectivity index (χ1v) is 7.38. The van der Waals surface area contributed by atoms with Gasteiger partial charge in [-0.1, -0.05) is 35.9 Å². The predicted octanol–water partition coefficient (Wildman–Crippen LogP) is 3.47. The summed E-state index contributed by atoms with van der Waals surface area (Å²) in [5, 5.41) is 7.53. The van der Waals surface area contributed by atoms with Crippen molar-refractivity contribution in [1.29, 1.82) is 0 Å². The van der Waals surface area contributed by atoms with E-state index in [1.54, 1.807) is 0 Å². The molecule has 94 valence electrons. The SMILES string of the molecule is CCNC(C1=CCCCCCC1)c1cnns1. The van der Waals surface area contributed by atoms with Gasteiger partial charge in [-0.2, -0.15) is 0 Å². The van der Waals surface area contributed by atoms with E-state index in [1.807, 2.05) is 6.20 Å². The molecule has 4 heteroatoms. The van der Waals surface area contributed by atoms with Crippen LogP contribution >= 0.6 is 11.5 Å². The number of nitrogens with one attached hydrogen (secondary N) is 1. The molecule has 0 aliphatic heterocycles. The van der Waals surface area contributed by atoms with Crippen molar-refractivity contribution in [2.45, 2.75) is 51.5 Å². The van der Waals surface area contributed by atoms with Crippen molar-refractivity contribution in [1.82, 2.24) is 14.9 Å². The minimum atomic E-state index is 0.345. The van der Waals surface area contributed by atoms with E-state index in [9.17, 15) is 0 Å². The first-order valence-electron chi connectivity index (χ1n) is 6.61. The van der Waals surface area contributed by atoms with Crippen LogP contribution in [0.5, 0.6) is 0 Å². The Bertz CT molecular complexity index is 346. The van der Waals surface area contributed by atoms with Gasteiger partial charge in [-0.3, -0.25) is 0 Å². The normalized spacial score (nSPS) is 19.2. The highest BCUT2D eigenvalue weighted by Crippen LogP contribution is 2.29. The summed E-state index contributed by atoms with van der Waals surface area (Å²) in [6.07, 6.45) is 12.2. The van der Waals surface area contributed by atoms with E-state index in [1.165, 1.54) is 60.5 Å². The largest absolute Gasteiger partial charge is 0.306 e. The molecule has 1 aromatic heterocycles. The zero-order valence-corrected chi connectivity index (χ0v) is 11.3. The van der Waals surface area contributed by atoms with Crippen LogP contribution in [0.25, 0.3) is 0 Å². The van der Waals surface area contributed by atoms with E-state index in [4.69, 9.17) is 0 Å². The van der Waals surface area contributed by atoms with Gasteiger partial charge in [0.25, 0.3) is 0 Å². The molecule has 0 radical (unpaired) electrons. The molecule has 0 amide bonds. The lowest BCUT2D eigenvalue weighted by Gasteiger charge is -2.21. The van der Waals surface area contributed by atoms with Gasteiger partial charge < -0.3 is 5.32 Å². The van der Waals surface area contributed by atoms with Crippen LogP contribution in [0, 0.1) is 0 Å². The minimum Gasteiger partial charge on any atom is -0.306 e. The second-order valence-electron chi connectivity index (χ2n) is 4.54. The van der Waals surface area contributed by atoms with Gasteiger partial charge in [0, 0.05) is 0 Å². The average molecular weight is 251 g/mol. The Kier molecular flexibility index (Phi) is 5.13. The quantitative estimate of drug-likeness (QED) is 0.833. The van der Waals surface area contributed by atoms with Crippen LogP contribution in [-0.4, -0.2) is 16.1 Å². The van der Waals surface area contributed by atoms with Crippen LogP contribution < -0.4 is 5.32 Å². The predicted molar refractivity (Wildman–Crippen MR) is 72.1 cm³/mol. The van der Waals surface area contributed by atoms with E-state index < -0.39 is 0 Å². The Morgan fingerprint density at radius 3 is 3.00 bits per heavy atom. The molecule has 1 N–H and O–H groups in total. The monoisotopic (exact) mass is 251 g/mol. The summed E-state index contributed by atoms with van der Waals surface area (Å²) in [6.45, 7) is 3.14. The third kappa shape index (κ3) is 3.61. The topological polar surface area (TPSA) is 37.8 Å². The Hall–Kier alpha value is -0.740. The van der Waals surface area contributed by atoms with Crippen molar-refractivity contribution < 1.29 is 0 Å². The Morgan fingerprint density at radius 2 is 2.24 bits per heavy atom. The molecule has 1 atom stereocenters. The minimum absolute atomic E-state index is 0.345. The van der Waals surface area contributed by atoms with Gasteiger partial charge in [-0.25, -0.2) is 0 Å². The van der Waals surface area contributed by atoms with Gasteiger partial charge >= 0.3 is 0 Å². The third-order valence-corrected chi connectivity index (χ3v) is 4.00. The summed E-state index contributed by atoms with van der Waals surface area (Å²) in [4.78, 5) is 1.25. The maximum atomic E-state index is 3.99. The second kappa shape index (κ2) is 6.87. The maximum absolute atomic E-state index is 3.99. The van der Waals surface area contributed by atoms with Crippen molar-refractivity contribution in [3.63, 3.8) is 0 Å². The van der Waals surface area contributed by atoms with E-state index in [-0.39, 0.29) is 0 Å². The van der Waals surface area contributed by atoms with Gasteiger partial charge in [-0.15, -0.1) is 5.10 Å². The Morgan fingerprint density at radius 1 is 1.35 bits per heavy atom. The maximum Gasteiger partial charge on any atom is 0.0672 e. The van der Waals surface area contributed by atoms with Crippen LogP contribution in [0.1, 0.15) is 56.4 Å². The van der Waals surface area contributed by atoms with Gasteiger partial charge in [0.2, 0.25) is 0 Å². The third-order valence-electron chi connectivity index (χ3n) is 3.27. The summed E-state index contributed by atoms with van der Waals surface area (Å²) >= 11 is 1.51. The van der Waals surface area contributed by atoms with Crippen LogP contribution in [0.3, 0.4) is 0 Å². The molecule has 0 saturated carbocycles. The summed E-state index contributed by atoms with van der Waals surface area (Å²) in [7, 11) is 0. The van der Waals surface area contributed by atoms with Crippen molar-refractivity contribution in [2.24, 2.45) is 0 Å².